The molecule has 7 heteroatoms. The number of rotatable bonds is 2. The van der Waals surface area contributed by atoms with Crippen molar-refractivity contribution in [2.75, 3.05) is 0 Å². The second kappa shape index (κ2) is 4.35. The lowest BCUT2D eigenvalue weighted by Gasteiger charge is -2.05. The second-order valence-corrected chi connectivity index (χ2v) is 3.73. The van der Waals surface area contributed by atoms with Gasteiger partial charge in [0.15, 0.2) is 5.69 Å². The fourth-order valence-corrected chi connectivity index (χ4v) is 1.66. The third-order valence-corrected chi connectivity index (χ3v) is 2.55. The molecular weight excluding hydrogens is 330 g/mol. The lowest BCUT2D eigenvalue weighted by molar-refractivity contribution is 0.0689. The third kappa shape index (κ3) is 2.30. The van der Waals surface area contributed by atoms with Crippen LogP contribution in [0.25, 0.3) is 0 Å². The van der Waals surface area contributed by atoms with Gasteiger partial charge in [0.2, 0.25) is 0 Å². The van der Waals surface area contributed by atoms with Crippen LogP contribution < -0.4 is 0 Å². The first-order chi connectivity index (χ1) is 6.43. The van der Waals surface area contributed by atoms with Crippen LogP contribution in [0.5, 0.6) is 0 Å². The van der Waals surface area contributed by atoms with E-state index in [9.17, 15) is 13.6 Å². The summed E-state index contributed by atoms with van der Waals surface area (Å²) in [5.74, 6) is -1.34. The topological polar surface area (TPSA) is 50.2 Å². The fraction of sp³-hybridized carbons (Fsp3) is 0.143. The summed E-state index contributed by atoms with van der Waals surface area (Å²) in [6.07, 6.45) is -2.71. The molecule has 1 heterocycles. The van der Waals surface area contributed by atoms with E-state index in [-0.39, 0.29) is 14.3 Å². The Balaban J connectivity index is 3.31. The SMILES string of the molecule is O=C(O)c1nc(I)c(C(F)F)cc1Cl. The molecule has 76 valence electrons. The largest absolute Gasteiger partial charge is 0.476 e. The van der Waals surface area contributed by atoms with E-state index < -0.39 is 18.1 Å². The maximum atomic E-state index is 12.3. The van der Waals surface area contributed by atoms with Crippen LogP contribution in [0.4, 0.5) is 8.78 Å². The monoisotopic (exact) mass is 333 g/mol. The molecule has 0 aliphatic heterocycles. The number of halogens is 4. The first kappa shape index (κ1) is 11.6. The number of hydrogen-bond donors (Lipinski definition) is 1. The number of carbonyl (C=O) groups is 1. The quantitative estimate of drug-likeness (QED) is 0.669. The first-order valence-electron chi connectivity index (χ1n) is 3.31. The highest BCUT2D eigenvalue weighted by molar-refractivity contribution is 14.1. The molecule has 1 aromatic heterocycles. The van der Waals surface area contributed by atoms with Crippen LogP contribution in [0, 0.1) is 3.70 Å². The van der Waals surface area contributed by atoms with E-state index in [0.29, 0.717) is 0 Å². The van der Waals surface area contributed by atoms with Gasteiger partial charge >= 0.3 is 5.97 Å². The van der Waals surface area contributed by atoms with E-state index in [0.717, 1.165) is 6.07 Å². The molecule has 0 aromatic carbocycles. The van der Waals surface area contributed by atoms with Crippen LogP contribution in [0.3, 0.4) is 0 Å². The molecule has 0 atom stereocenters. The van der Waals surface area contributed by atoms with Crippen molar-refractivity contribution in [1.29, 1.82) is 0 Å². The standard InChI is InChI=1S/C7H3ClF2INO2/c8-3-1-2(5(9)10)6(11)12-4(3)7(13)14/h1,5H,(H,13,14). The van der Waals surface area contributed by atoms with Crippen molar-refractivity contribution in [1.82, 2.24) is 4.98 Å². The van der Waals surface area contributed by atoms with Gasteiger partial charge in [-0.25, -0.2) is 18.6 Å². The molecule has 1 aromatic rings. The maximum Gasteiger partial charge on any atom is 0.356 e. The maximum absolute atomic E-state index is 12.3. The molecule has 0 unspecified atom stereocenters. The van der Waals surface area contributed by atoms with Gasteiger partial charge in [0.05, 0.1) is 10.6 Å². The minimum absolute atomic E-state index is 0.0561. The molecule has 0 aliphatic carbocycles. The number of aromatic carboxylic acids is 1. The number of pyridine rings is 1. The highest BCUT2D eigenvalue weighted by atomic mass is 127. The number of aromatic nitrogens is 1. The Morgan fingerprint density at radius 3 is 2.64 bits per heavy atom. The van der Waals surface area contributed by atoms with Crippen molar-refractivity contribution >= 4 is 40.2 Å². The van der Waals surface area contributed by atoms with Crippen molar-refractivity contribution in [3.05, 3.63) is 26.0 Å². The predicted octanol–water partition coefficient (Wildman–Crippen LogP) is 2.98. The molecule has 1 rings (SSSR count). The number of alkyl halides is 2. The molecule has 0 amide bonds. The van der Waals surface area contributed by atoms with Gasteiger partial charge in [-0.2, -0.15) is 0 Å². The summed E-state index contributed by atoms with van der Waals surface area (Å²) in [5, 5.41) is 8.30. The van der Waals surface area contributed by atoms with E-state index in [1.165, 1.54) is 22.6 Å². The summed E-state index contributed by atoms with van der Waals surface area (Å²) in [6, 6.07) is 0.921. The Kier molecular flexibility index (Phi) is 3.59. The molecule has 0 fully saturated rings. The van der Waals surface area contributed by atoms with Crippen molar-refractivity contribution in [2.24, 2.45) is 0 Å². The Morgan fingerprint density at radius 2 is 2.21 bits per heavy atom. The number of carboxylic acid groups (broad SMARTS) is 1. The van der Waals surface area contributed by atoms with E-state index >= 15 is 0 Å². The average Bonchev–Trinajstić information content (AvgIpc) is 2.07. The molecule has 0 radical (unpaired) electrons. The third-order valence-electron chi connectivity index (χ3n) is 1.39. The number of nitrogens with zero attached hydrogens (tertiary/aromatic N) is 1. The number of carboxylic acids is 1. The fourth-order valence-electron chi connectivity index (χ4n) is 0.784. The van der Waals surface area contributed by atoms with Crippen LogP contribution in [0.2, 0.25) is 5.02 Å². The minimum atomic E-state index is -2.71. The van der Waals surface area contributed by atoms with Gasteiger partial charge in [-0.1, -0.05) is 11.6 Å². The van der Waals surface area contributed by atoms with Gasteiger partial charge in [-0.15, -0.1) is 0 Å². The minimum Gasteiger partial charge on any atom is -0.476 e. The second-order valence-electron chi connectivity index (χ2n) is 2.30. The highest BCUT2D eigenvalue weighted by Gasteiger charge is 2.19. The summed E-state index contributed by atoms with van der Waals surface area (Å²) >= 11 is 7.00. The van der Waals surface area contributed by atoms with Crippen molar-refractivity contribution in [2.45, 2.75) is 6.43 Å². The van der Waals surface area contributed by atoms with Crippen LogP contribution >= 0.6 is 34.2 Å². The van der Waals surface area contributed by atoms with Crippen LogP contribution in [0.1, 0.15) is 22.5 Å². The lowest BCUT2D eigenvalue weighted by Crippen LogP contribution is -2.05. The molecule has 0 saturated heterocycles. The number of hydrogen-bond acceptors (Lipinski definition) is 2. The van der Waals surface area contributed by atoms with Gasteiger partial charge in [-0.05, 0) is 28.7 Å². The van der Waals surface area contributed by atoms with Gasteiger partial charge < -0.3 is 5.11 Å². The summed E-state index contributed by atoms with van der Waals surface area (Å²) in [6.45, 7) is 0. The smallest absolute Gasteiger partial charge is 0.356 e. The zero-order valence-corrected chi connectivity index (χ0v) is 9.38. The van der Waals surface area contributed by atoms with Crippen molar-refractivity contribution < 1.29 is 18.7 Å². The predicted molar refractivity (Wildman–Crippen MR) is 53.9 cm³/mol. The molecule has 14 heavy (non-hydrogen) atoms. The molecule has 0 spiro atoms. The van der Waals surface area contributed by atoms with E-state index in [1.54, 1.807) is 0 Å². The van der Waals surface area contributed by atoms with Crippen molar-refractivity contribution in [3.63, 3.8) is 0 Å². The highest BCUT2D eigenvalue weighted by Crippen LogP contribution is 2.27. The van der Waals surface area contributed by atoms with E-state index in [2.05, 4.69) is 4.98 Å². The van der Waals surface area contributed by atoms with Gasteiger partial charge in [0, 0.05) is 0 Å². The Bertz CT molecular complexity index is 386. The Hall–Kier alpha value is -0.500. The summed E-state index contributed by atoms with van der Waals surface area (Å²) < 4.78 is 24.5. The van der Waals surface area contributed by atoms with E-state index in [1.807, 2.05) is 0 Å². The molecule has 0 aliphatic rings. The summed E-state index contributed by atoms with van der Waals surface area (Å²) in [5.41, 5.74) is -0.777. The van der Waals surface area contributed by atoms with Crippen LogP contribution in [0.15, 0.2) is 6.07 Å². The first-order valence-corrected chi connectivity index (χ1v) is 4.76. The molecule has 0 bridgehead atoms. The molecule has 0 saturated carbocycles. The zero-order chi connectivity index (χ0) is 10.9. The van der Waals surface area contributed by atoms with Crippen LogP contribution in [-0.4, -0.2) is 16.1 Å². The molecule has 3 nitrogen and oxygen atoms in total. The lowest BCUT2D eigenvalue weighted by atomic mass is 10.2. The van der Waals surface area contributed by atoms with Gasteiger partial charge in [0.25, 0.3) is 6.43 Å². The van der Waals surface area contributed by atoms with Crippen LogP contribution in [-0.2, 0) is 0 Å². The van der Waals surface area contributed by atoms with Gasteiger partial charge in [-0.3, -0.25) is 0 Å². The van der Waals surface area contributed by atoms with Gasteiger partial charge in [0.1, 0.15) is 3.70 Å². The normalized spacial score (nSPS) is 10.6. The molecular formula is C7H3ClF2INO2. The summed E-state index contributed by atoms with van der Waals surface area (Å²) in [4.78, 5) is 14.0. The Labute approximate surface area is 96.2 Å². The van der Waals surface area contributed by atoms with Crippen molar-refractivity contribution in [3.8, 4) is 0 Å². The van der Waals surface area contributed by atoms with E-state index in [4.69, 9.17) is 16.7 Å². The Morgan fingerprint density at radius 1 is 1.64 bits per heavy atom. The zero-order valence-electron chi connectivity index (χ0n) is 6.47. The molecule has 1 N–H and O–H groups in total. The summed E-state index contributed by atoms with van der Waals surface area (Å²) in [7, 11) is 0. The average molecular weight is 333 g/mol.